The van der Waals surface area contributed by atoms with Crippen LogP contribution in [0, 0.1) is 0 Å². The number of ether oxygens (including phenoxy) is 1. The molecule has 0 aliphatic carbocycles. The highest BCUT2D eigenvalue weighted by Gasteiger charge is 2.10. The van der Waals surface area contributed by atoms with Crippen molar-refractivity contribution in [1.82, 2.24) is 5.32 Å². The second-order valence-corrected chi connectivity index (χ2v) is 4.61. The van der Waals surface area contributed by atoms with Gasteiger partial charge in [0.2, 0.25) is 0 Å². The lowest BCUT2D eigenvalue weighted by molar-refractivity contribution is 0.140. The molecule has 5 N–H and O–H groups in total. The normalized spacial score (nSPS) is 11.7. The Bertz CT molecular complexity index is 482. The van der Waals surface area contributed by atoms with Gasteiger partial charge in [-0.05, 0) is 24.1 Å². The number of imide groups is 1. The van der Waals surface area contributed by atoms with Gasteiger partial charge in [0.25, 0.3) is 0 Å². The number of hydrogen-bond donors (Lipinski definition) is 3. The number of benzene rings is 1. The topological polar surface area (TPSA) is 107 Å². The summed E-state index contributed by atoms with van der Waals surface area (Å²) in [5, 5.41) is 2.65. The van der Waals surface area contributed by atoms with Crippen LogP contribution in [-0.4, -0.2) is 24.8 Å². The maximum absolute atomic E-state index is 11.0. The van der Waals surface area contributed by atoms with Crippen LogP contribution in [0.3, 0.4) is 0 Å². The van der Waals surface area contributed by atoms with Gasteiger partial charge in [-0.15, -0.1) is 0 Å². The van der Waals surface area contributed by atoms with E-state index in [0.717, 1.165) is 5.56 Å². The zero-order chi connectivity index (χ0) is 14.4. The smallest absolute Gasteiger partial charge is 0.415 e. The van der Waals surface area contributed by atoms with Crippen molar-refractivity contribution in [3.8, 4) is 0 Å². The Morgan fingerprint density at radius 3 is 2.58 bits per heavy atom. The molecule has 8 heteroatoms. The van der Waals surface area contributed by atoms with Crippen LogP contribution in [0.1, 0.15) is 5.56 Å². The fourth-order valence-corrected chi connectivity index (χ4v) is 1.67. The molecule has 0 aliphatic rings. The third kappa shape index (κ3) is 5.78. The fourth-order valence-electron chi connectivity index (χ4n) is 1.35. The van der Waals surface area contributed by atoms with Crippen LogP contribution in [-0.2, 0) is 11.2 Å². The van der Waals surface area contributed by atoms with Crippen LogP contribution >= 0.6 is 23.2 Å². The fraction of sp³-hybridized carbons (Fsp3) is 0.273. The van der Waals surface area contributed by atoms with Crippen molar-refractivity contribution < 1.29 is 14.3 Å². The molecule has 0 saturated heterocycles. The molecule has 0 unspecified atom stereocenters. The van der Waals surface area contributed by atoms with Gasteiger partial charge in [-0.3, -0.25) is 0 Å². The molecule has 0 radical (unpaired) electrons. The minimum Gasteiger partial charge on any atom is -0.448 e. The van der Waals surface area contributed by atoms with E-state index in [-0.39, 0.29) is 6.61 Å². The molecule has 104 valence electrons. The zero-order valence-electron chi connectivity index (χ0n) is 9.86. The average molecular weight is 306 g/mol. The molecule has 0 aliphatic heterocycles. The van der Waals surface area contributed by atoms with Gasteiger partial charge in [-0.1, -0.05) is 29.3 Å². The van der Waals surface area contributed by atoms with Crippen molar-refractivity contribution in [2.45, 2.75) is 12.5 Å². The van der Waals surface area contributed by atoms with Crippen molar-refractivity contribution in [2.24, 2.45) is 11.5 Å². The minimum atomic E-state index is -0.983. The Balaban J connectivity index is 2.42. The van der Waals surface area contributed by atoms with E-state index < -0.39 is 18.2 Å². The Labute approximate surface area is 120 Å². The van der Waals surface area contributed by atoms with E-state index in [0.29, 0.717) is 16.5 Å². The minimum absolute atomic E-state index is 0.0562. The number of halogens is 2. The molecule has 3 amide bonds. The van der Waals surface area contributed by atoms with Crippen molar-refractivity contribution >= 4 is 35.3 Å². The van der Waals surface area contributed by atoms with Gasteiger partial charge in [0.1, 0.15) is 6.61 Å². The first kappa shape index (κ1) is 15.6. The van der Waals surface area contributed by atoms with Gasteiger partial charge in [0.05, 0.1) is 10.0 Å². The van der Waals surface area contributed by atoms with E-state index in [9.17, 15) is 9.59 Å². The SMILES string of the molecule is NC(=O)NC(=O)OC[C@H](N)Cc1ccc(Cl)c(Cl)c1. The molecule has 1 atom stereocenters. The second kappa shape index (κ2) is 7.18. The van der Waals surface area contributed by atoms with Crippen molar-refractivity contribution in [1.29, 1.82) is 0 Å². The molecule has 0 aromatic heterocycles. The van der Waals surface area contributed by atoms with Crippen molar-refractivity contribution in [3.63, 3.8) is 0 Å². The van der Waals surface area contributed by atoms with Gasteiger partial charge in [0, 0.05) is 6.04 Å². The zero-order valence-corrected chi connectivity index (χ0v) is 11.4. The largest absolute Gasteiger partial charge is 0.448 e. The van der Waals surface area contributed by atoms with E-state index in [1.807, 2.05) is 0 Å². The molecule has 1 rings (SSSR count). The van der Waals surface area contributed by atoms with E-state index in [1.54, 1.807) is 23.5 Å². The number of hydrogen-bond acceptors (Lipinski definition) is 4. The Morgan fingerprint density at radius 1 is 1.32 bits per heavy atom. The molecule has 0 fully saturated rings. The summed E-state index contributed by atoms with van der Waals surface area (Å²) in [4.78, 5) is 21.3. The van der Waals surface area contributed by atoms with Crippen molar-refractivity contribution in [2.75, 3.05) is 6.61 Å². The molecule has 19 heavy (non-hydrogen) atoms. The molecule has 0 spiro atoms. The van der Waals surface area contributed by atoms with Crippen LogP contribution in [0.2, 0.25) is 10.0 Å². The van der Waals surface area contributed by atoms with Gasteiger partial charge < -0.3 is 16.2 Å². The number of amides is 3. The molecular weight excluding hydrogens is 293 g/mol. The Morgan fingerprint density at radius 2 is 2.00 bits per heavy atom. The van der Waals surface area contributed by atoms with Gasteiger partial charge in [-0.25, -0.2) is 14.9 Å². The molecule has 0 bridgehead atoms. The first-order valence-electron chi connectivity index (χ1n) is 5.31. The van der Waals surface area contributed by atoms with Gasteiger partial charge in [0.15, 0.2) is 0 Å². The van der Waals surface area contributed by atoms with E-state index in [4.69, 9.17) is 39.4 Å². The number of rotatable bonds is 4. The Hall–Kier alpha value is -1.50. The third-order valence-electron chi connectivity index (χ3n) is 2.14. The number of primary amides is 1. The van der Waals surface area contributed by atoms with Crippen LogP contribution in [0.4, 0.5) is 9.59 Å². The predicted molar refractivity (Wildman–Crippen MR) is 72.2 cm³/mol. The molecule has 1 aromatic rings. The number of alkyl carbamates (subject to hydrolysis) is 1. The van der Waals surface area contributed by atoms with E-state index >= 15 is 0 Å². The summed E-state index contributed by atoms with van der Waals surface area (Å²) < 4.78 is 4.71. The molecular formula is C11H13Cl2N3O3. The quantitative estimate of drug-likeness (QED) is 0.786. The number of nitrogens with two attached hydrogens (primary N) is 2. The summed E-state index contributed by atoms with van der Waals surface area (Å²) in [5.74, 6) is 0. The van der Waals surface area contributed by atoms with Crippen LogP contribution < -0.4 is 16.8 Å². The average Bonchev–Trinajstić information content (AvgIpc) is 2.30. The van der Waals surface area contributed by atoms with Crippen LogP contribution in [0.5, 0.6) is 0 Å². The summed E-state index contributed by atoms with van der Waals surface area (Å²) in [6.07, 6.45) is -0.488. The number of carbonyl (C=O) groups excluding carboxylic acids is 2. The van der Waals surface area contributed by atoms with E-state index in [2.05, 4.69) is 0 Å². The maximum atomic E-state index is 11.0. The van der Waals surface area contributed by atoms with Gasteiger partial charge in [-0.2, -0.15) is 0 Å². The summed E-state index contributed by atoms with van der Waals surface area (Å²) in [5.41, 5.74) is 11.4. The lowest BCUT2D eigenvalue weighted by Crippen LogP contribution is -2.38. The van der Waals surface area contributed by atoms with Gasteiger partial charge >= 0.3 is 12.1 Å². The van der Waals surface area contributed by atoms with Crippen LogP contribution in [0.25, 0.3) is 0 Å². The number of carbonyl (C=O) groups is 2. The molecule has 0 heterocycles. The standard InChI is InChI=1S/C11H13Cl2N3O3/c12-8-2-1-6(4-9(8)13)3-7(14)5-19-11(18)16-10(15)17/h1-2,4,7H,3,5,14H2,(H3,15,16,17,18)/t7-/m1/s1. The highest BCUT2D eigenvalue weighted by atomic mass is 35.5. The highest BCUT2D eigenvalue weighted by molar-refractivity contribution is 6.42. The second-order valence-electron chi connectivity index (χ2n) is 3.80. The summed E-state index contributed by atoms with van der Waals surface area (Å²) in [6.45, 7) is -0.0562. The molecule has 0 saturated carbocycles. The summed E-state index contributed by atoms with van der Waals surface area (Å²) in [6, 6.07) is 3.70. The highest BCUT2D eigenvalue weighted by Crippen LogP contribution is 2.23. The lowest BCUT2D eigenvalue weighted by atomic mass is 10.1. The van der Waals surface area contributed by atoms with E-state index in [1.165, 1.54) is 0 Å². The first-order valence-corrected chi connectivity index (χ1v) is 6.07. The Kier molecular flexibility index (Phi) is 5.88. The summed E-state index contributed by atoms with van der Waals surface area (Å²) >= 11 is 11.6. The first-order chi connectivity index (χ1) is 8.88. The third-order valence-corrected chi connectivity index (χ3v) is 2.87. The molecule has 1 aromatic carbocycles. The number of urea groups is 1. The van der Waals surface area contributed by atoms with Crippen molar-refractivity contribution in [3.05, 3.63) is 33.8 Å². The number of nitrogens with one attached hydrogen (secondary N) is 1. The predicted octanol–water partition coefficient (Wildman–Crippen LogP) is 1.67. The monoisotopic (exact) mass is 305 g/mol. The van der Waals surface area contributed by atoms with Crippen LogP contribution in [0.15, 0.2) is 18.2 Å². The molecule has 6 nitrogen and oxygen atoms in total. The summed E-state index contributed by atoms with van der Waals surface area (Å²) in [7, 11) is 0. The lowest BCUT2D eigenvalue weighted by Gasteiger charge is -2.12. The maximum Gasteiger partial charge on any atom is 0.415 e.